The highest BCUT2D eigenvalue weighted by atomic mass is 16.4. The van der Waals surface area contributed by atoms with Crippen LogP contribution in [0.5, 0.6) is 0 Å². The summed E-state index contributed by atoms with van der Waals surface area (Å²) in [4.78, 5) is 11.0. The van der Waals surface area contributed by atoms with E-state index < -0.39 is 17.5 Å². The van der Waals surface area contributed by atoms with Gasteiger partial charge in [0.2, 0.25) is 0 Å². The zero-order valence-electron chi connectivity index (χ0n) is 10.4. The lowest BCUT2D eigenvalue weighted by molar-refractivity contribution is -0.145. The van der Waals surface area contributed by atoms with Crippen LogP contribution >= 0.6 is 0 Å². The number of carboxylic acids is 1. The number of hydrogen-bond donors (Lipinski definition) is 2. The Morgan fingerprint density at radius 1 is 1.27 bits per heavy atom. The predicted molar refractivity (Wildman–Crippen MR) is 60.7 cm³/mol. The van der Waals surface area contributed by atoms with Crippen molar-refractivity contribution in [1.82, 2.24) is 0 Å². The molecule has 15 heavy (non-hydrogen) atoms. The van der Waals surface area contributed by atoms with Gasteiger partial charge in [-0.2, -0.15) is 0 Å². The Labute approximate surface area is 92.5 Å². The second-order valence-electron chi connectivity index (χ2n) is 5.38. The molecule has 0 spiro atoms. The van der Waals surface area contributed by atoms with Crippen LogP contribution in [0.2, 0.25) is 0 Å². The number of aliphatic hydroxyl groups is 1. The second kappa shape index (κ2) is 5.50. The van der Waals surface area contributed by atoms with Gasteiger partial charge in [-0.3, -0.25) is 4.79 Å². The Hall–Kier alpha value is -0.570. The minimum atomic E-state index is -0.891. The van der Waals surface area contributed by atoms with Gasteiger partial charge in [-0.1, -0.05) is 27.7 Å². The van der Waals surface area contributed by atoms with Gasteiger partial charge in [0.1, 0.15) is 0 Å². The molecular formula is C12H24O3. The Balaban J connectivity index is 4.47. The monoisotopic (exact) mass is 216 g/mol. The van der Waals surface area contributed by atoms with Gasteiger partial charge in [0.15, 0.2) is 0 Å². The fourth-order valence-corrected chi connectivity index (χ4v) is 1.58. The van der Waals surface area contributed by atoms with Crippen LogP contribution in [0.25, 0.3) is 0 Å². The topological polar surface area (TPSA) is 57.5 Å². The molecule has 0 aromatic heterocycles. The number of carbonyl (C=O) groups is 1. The van der Waals surface area contributed by atoms with Crippen molar-refractivity contribution in [3.8, 4) is 0 Å². The molecule has 0 aliphatic carbocycles. The van der Waals surface area contributed by atoms with Crippen molar-refractivity contribution in [2.24, 2.45) is 17.8 Å². The highest BCUT2D eigenvalue weighted by molar-refractivity contribution is 5.70. The molecule has 0 heterocycles. The molecule has 3 nitrogen and oxygen atoms in total. The van der Waals surface area contributed by atoms with Crippen molar-refractivity contribution in [2.75, 3.05) is 0 Å². The molecule has 0 amide bonds. The number of aliphatic carboxylic acids is 1. The highest BCUT2D eigenvalue weighted by Gasteiger charge is 2.32. The molecule has 0 aromatic rings. The molecule has 0 aliphatic heterocycles. The van der Waals surface area contributed by atoms with E-state index in [4.69, 9.17) is 5.11 Å². The van der Waals surface area contributed by atoms with Crippen molar-refractivity contribution in [1.29, 1.82) is 0 Å². The van der Waals surface area contributed by atoms with Crippen molar-refractivity contribution >= 4 is 5.97 Å². The van der Waals surface area contributed by atoms with Gasteiger partial charge in [-0.15, -0.1) is 0 Å². The third-order valence-corrected chi connectivity index (χ3v) is 3.01. The Morgan fingerprint density at radius 2 is 1.73 bits per heavy atom. The molecule has 2 unspecified atom stereocenters. The van der Waals surface area contributed by atoms with Crippen molar-refractivity contribution < 1.29 is 15.0 Å². The first-order valence-electron chi connectivity index (χ1n) is 5.62. The predicted octanol–water partition coefficient (Wildman–Crippen LogP) is 2.53. The van der Waals surface area contributed by atoms with Gasteiger partial charge < -0.3 is 10.2 Å². The van der Waals surface area contributed by atoms with Gasteiger partial charge in [0, 0.05) is 0 Å². The van der Waals surface area contributed by atoms with Gasteiger partial charge in [-0.05, 0) is 31.6 Å². The molecule has 0 saturated carbocycles. The standard InChI is InChI=1S/C12H24O3/c1-8(2)6-10(11(13)14)7-12(5,15)9(3)4/h8-10,15H,6-7H2,1-5H3,(H,13,14). The van der Waals surface area contributed by atoms with Crippen LogP contribution in [-0.2, 0) is 4.79 Å². The molecule has 0 rings (SSSR count). The summed E-state index contributed by atoms with van der Waals surface area (Å²) in [5.41, 5.74) is -0.891. The maximum atomic E-state index is 11.0. The minimum absolute atomic E-state index is 0.0755. The fraction of sp³-hybridized carbons (Fsp3) is 0.917. The normalized spacial score (nSPS) is 17.9. The number of hydrogen-bond acceptors (Lipinski definition) is 2. The van der Waals surface area contributed by atoms with E-state index >= 15 is 0 Å². The van der Waals surface area contributed by atoms with Crippen LogP contribution in [0.1, 0.15) is 47.5 Å². The first-order valence-corrected chi connectivity index (χ1v) is 5.62. The SMILES string of the molecule is CC(C)CC(CC(C)(O)C(C)C)C(=O)O. The van der Waals surface area contributed by atoms with Crippen molar-refractivity contribution in [3.63, 3.8) is 0 Å². The molecule has 2 N–H and O–H groups in total. The van der Waals surface area contributed by atoms with Gasteiger partial charge in [-0.25, -0.2) is 0 Å². The van der Waals surface area contributed by atoms with Gasteiger partial charge in [0.05, 0.1) is 11.5 Å². The van der Waals surface area contributed by atoms with Crippen LogP contribution in [0, 0.1) is 17.8 Å². The summed E-state index contributed by atoms with van der Waals surface area (Å²) in [5.74, 6) is -0.826. The van der Waals surface area contributed by atoms with Crippen molar-refractivity contribution in [3.05, 3.63) is 0 Å². The van der Waals surface area contributed by atoms with Crippen LogP contribution in [0.15, 0.2) is 0 Å². The van der Waals surface area contributed by atoms with Gasteiger partial charge in [0.25, 0.3) is 0 Å². The highest BCUT2D eigenvalue weighted by Crippen LogP contribution is 2.28. The summed E-state index contributed by atoms with van der Waals surface area (Å²) in [7, 11) is 0. The Bertz CT molecular complexity index is 207. The molecule has 0 fully saturated rings. The van der Waals surface area contributed by atoms with Crippen LogP contribution in [-0.4, -0.2) is 21.8 Å². The van der Waals surface area contributed by atoms with Crippen LogP contribution in [0.4, 0.5) is 0 Å². The smallest absolute Gasteiger partial charge is 0.306 e. The summed E-state index contributed by atoms with van der Waals surface area (Å²) < 4.78 is 0. The second-order valence-corrected chi connectivity index (χ2v) is 5.38. The zero-order valence-corrected chi connectivity index (χ0v) is 10.4. The van der Waals surface area contributed by atoms with E-state index in [0.717, 1.165) is 0 Å². The average Bonchev–Trinajstić information content (AvgIpc) is 2.01. The maximum Gasteiger partial charge on any atom is 0.306 e. The average molecular weight is 216 g/mol. The van der Waals surface area contributed by atoms with Crippen molar-refractivity contribution in [2.45, 2.75) is 53.1 Å². The van der Waals surface area contributed by atoms with E-state index in [9.17, 15) is 9.90 Å². The lowest BCUT2D eigenvalue weighted by atomic mass is 9.80. The number of rotatable bonds is 6. The summed E-state index contributed by atoms with van der Waals surface area (Å²) in [6, 6.07) is 0. The quantitative estimate of drug-likeness (QED) is 0.717. The summed E-state index contributed by atoms with van der Waals surface area (Å²) in [6.45, 7) is 9.54. The third-order valence-electron chi connectivity index (χ3n) is 3.01. The van der Waals surface area contributed by atoms with E-state index in [-0.39, 0.29) is 5.92 Å². The first kappa shape index (κ1) is 14.4. The molecular weight excluding hydrogens is 192 g/mol. The molecule has 0 bridgehead atoms. The van der Waals surface area contributed by atoms with E-state index in [1.807, 2.05) is 27.7 Å². The zero-order chi connectivity index (χ0) is 12.2. The molecule has 0 saturated heterocycles. The molecule has 0 aliphatic rings. The fourth-order valence-electron chi connectivity index (χ4n) is 1.58. The van der Waals surface area contributed by atoms with Crippen LogP contribution in [0.3, 0.4) is 0 Å². The van der Waals surface area contributed by atoms with E-state index in [2.05, 4.69) is 0 Å². The van der Waals surface area contributed by atoms with Crippen LogP contribution < -0.4 is 0 Å². The molecule has 0 radical (unpaired) electrons. The Kier molecular flexibility index (Phi) is 5.29. The number of carboxylic acid groups (broad SMARTS) is 1. The summed E-state index contributed by atoms with van der Waals surface area (Å²) in [5, 5.41) is 19.1. The van der Waals surface area contributed by atoms with E-state index in [1.54, 1.807) is 6.92 Å². The van der Waals surface area contributed by atoms with E-state index in [1.165, 1.54) is 0 Å². The van der Waals surface area contributed by atoms with E-state index in [0.29, 0.717) is 18.8 Å². The summed E-state index contributed by atoms with van der Waals surface area (Å²) >= 11 is 0. The Morgan fingerprint density at radius 3 is 2.00 bits per heavy atom. The molecule has 2 atom stereocenters. The lowest BCUT2D eigenvalue weighted by Crippen LogP contribution is -2.36. The molecule has 3 heteroatoms. The third kappa shape index (κ3) is 5.17. The molecule has 90 valence electrons. The minimum Gasteiger partial charge on any atom is -0.481 e. The lowest BCUT2D eigenvalue weighted by Gasteiger charge is -2.31. The largest absolute Gasteiger partial charge is 0.481 e. The summed E-state index contributed by atoms with van der Waals surface area (Å²) in [6.07, 6.45) is 0.955. The molecule has 0 aromatic carbocycles. The van der Waals surface area contributed by atoms with Gasteiger partial charge >= 0.3 is 5.97 Å². The first-order chi connectivity index (χ1) is 6.66. The maximum absolute atomic E-state index is 11.0.